The van der Waals surface area contributed by atoms with Crippen molar-refractivity contribution in [2.45, 2.75) is 49.9 Å². The molecule has 0 aliphatic heterocycles. The van der Waals surface area contributed by atoms with E-state index < -0.39 is 0 Å². The predicted octanol–water partition coefficient (Wildman–Crippen LogP) is 3.11. The van der Waals surface area contributed by atoms with E-state index in [1.54, 1.807) is 0 Å². The van der Waals surface area contributed by atoms with Crippen LogP contribution in [-0.2, 0) is 11.8 Å². The van der Waals surface area contributed by atoms with Gasteiger partial charge in [0.25, 0.3) is 0 Å². The molecule has 1 fully saturated rings. The number of aromatic nitrogens is 3. The summed E-state index contributed by atoms with van der Waals surface area (Å²) < 4.78 is 7.79. The molecule has 1 aromatic carbocycles. The van der Waals surface area contributed by atoms with Crippen LogP contribution < -0.4 is 10.1 Å². The standard InChI is InChI=1S/C18H24N4O2S/c1-13(24-15-10-4-3-5-11-15)17-20-21-18(22(17)2)25-12-16(23)19-14-8-6-7-9-14/h3-5,10-11,13-14H,6-9,12H2,1-2H3,(H,19,23). The quantitative estimate of drug-likeness (QED) is 0.769. The highest BCUT2D eigenvalue weighted by atomic mass is 32.2. The number of ether oxygens (including phenoxy) is 1. The molecule has 1 amide bonds. The van der Waals surface area contributed by atoms with Crippen LogP contribution in [0.2, 0.25) is 0 Å². The van der Waals surface area contributed by atoms with Crippen LogP contribution in [0.3, 0.4) is 0 Å². The van der Waals surface area contributed by atoms with Gasteiger partial charge in [-0.05, 0) is 31.9 Å². The van der Waals surface area contributed by atoms with Crippen molar-refractivity contribution in [3.63, 3.8) is 0 Å². The highest BCUT2D eigenvalue weighted by Crippen LogP contribution is 2.23. The van der Waals surface area contributed by atoms with E-state index in [0.29, 0.717) is 11.8 Å². The summed E-state index contributed by atoms with van der Waals surface area (Å²) in [6, 6.07) is 9.99. The molecule has 1 atom stereocenters. The normalized spacial score (nSPS) is 15.9. The van der Waals surface area contributed by atoms with Gasteiger partial charge in [-0.25, -0.2) is 0 Å². The maximum Gasteiger partial charge on any atom is 0.230 e. The van der Waals surface area contributed by atoms with Crippen LogP contribution in [0, 0.1) is 0 Å². The molecule has 0 radical (unpaired) electrons. The number of amides is 1. The maximum atomic E-state index is 12.1. The van der Waals surface area contributed by atoms with E-state index in [1.807, 2.05) is 48.9 Å². The van der Waals surface area contributed by atoms with E-state index in [0.717, 1.165) is 29.6 Å². The van der Waals surface area contributed by atoms with Gasteiger partial charge < -0.3 is 14.6 Å². The van der Waals surface area contributed by atoms with Gasteiger partial charge >= 0.3 is 0 Å². The Balaban J connectivity index is 1.54. The lowest BCUT2D eigenvalue weighted by molar-refractivity contribution is -0.119. The minimum atomic E-state index is -0.221. The Morgan fingerprint density at radius 1 is 1.32 bits per heavy atom. The van der Waals surface area contributed by atoms with E-state index in [-0.39, 0.29) is 12.0 Å². The Bertz CT molecular complexity index is 698. The summed E-state index contributed by atoms with van der Waals surface area (Å²) >= 11 is 1.40. The van der Waals surface area contributed by atoms with Gasteiger partial charge in [0.05, 0.1) is 5.75 Å². The zero-order valence-corrected chi connectivity index (χ0v) is 15.5. The van der Waals surface area contributed by atoms with Gasteiger partial charge in [0.2, 0.25) is 5.91 Å². The van der Waals surface area contributed by atoms with Gasteiger partial charge in [0.1, 0.15) is 5.75 Å². The summed E-state index contributed by atoms with van der Waals surface area (Å²) in [6.45, 7) is 1.94. The van der Waals surface area contributed by atoms with Crippen LogP contribution >= 0.6 is 11.8 Å². The first-order valence-electron chi connectivity index (χ1n) is 8.66. The van der Waals surface area contributed by atoms with Crippen LogP contribution in [0.5, 0.6) is 5.75 Å². The number of carbonyl (C=O) groups is 1. The first kappa shape index (κ1) is 17.8. The summed E-state index contributed by atoms with van der Waals surface area (Å²) in [5.74, 6) is 1.96. The Morgan fingerprint density at radius 3 is 2.76 bits per heavy atom. The lowest BCUT2D eigenvalue weighted by Gasteiger charge is -2.14. The SMILES string of the molecule is CC(Oc1ccccc1)c1nnc(SCC(=O)NC2CCCC2)n1C. The molecule has 3 rings (SSSR count). The highest BCUT2D eigenvalue weighted by molar-refractivity contribution is 7.99. The fourth-order valence-electron chi connectivity index (χ4n) is 3.03. The number of hydrogen-bond acceptors (Lipinski definition) is 5. The number of nitrogens with one attached hydrogen (secondary N) is 1. The maximum absolute atomic E-state index is 12.1. The minimum Gasteiger partial charge on any atom is -0.483 e. The largest absolute Gasteiger partial charge is 0.483 e. The van der Waals surface area contributed by atoms with Gasteiger partial charge in [-0.3, -0.25) is 4.79 Å². The van der Waals surface area contributed by atoms with E-state index in [4.69, 9.17) is 4.74 Å². The Hall–Kier alpha value is -2.02. The summed E-state index contributed by atoms with van der Waals surface area (Å²) in [7, 11) is 1.90. The number of thioether (sulfide) groups is 1. The second-order valence-corrected chi connectivity index (χ2v) is 7.25. The van der Waals surface area contributed by atoms with Crippen LogP contribution in [0.1, 0.15) is 44.5 Å². The smallest absolute Gasteiger partial charge is 0.230 e. The minimum absolute atomic E-state index is 0.0648. The molecule has 1 heterocycles. The first-order valence-corrected chi connectivity index (χ1v) is 9.65. The molecule has 1 aliphatic rings. The molecule has 0 saturated heterocycles. The monoisotopic (exact) mass is 360 g/mol. The molecule has 1 unspecified atom stereocenters. The van der Waals surface area contributed by atoms with Crippen molar-refractivity contribution >= 4 is 17.7 Å². The summed E-state index contributed by atoms with van der Waals surface area (Å²) in [6.07, 6.45) is 4.40. The zero-order valence-electron chi connectivity index (χ0n) is 14.6. The van der Waals surface area contributed by atoms with E-state index in [2.05, 4.69) is 15.5 Å². The highest BCUT2D eigenvalue weighted by Gasteiger charge is 2.20. The Morgan fingerprint density at radius 2 is 2.04 bits per heavy atom. The van der Waals surface area contributed by atoms with Crippen LogP contribution in [-0.4, -0.2) is 32.5 Å². The Kier molecular flexibility index (Phi) is 5.96. The first-order chi connectivity index (χ1) is 12.1. The molecule has 7 heteroatoms. The molecule has 1 N–H and O–H groups in total. The lowest BCUT2D eigenvalue weighted by atomic mass is 10.2. The van der Waals surface area contributed by atoms with Gasteiger partial charge in [-0.15, -0.1) is 10.2 Å². The zero-order chi connectivity index (χ0) is 17.6. The molecular weight excluding hydrogens is 336 g/mol. The molecule has 1 aliphatic carbocycles. The average molecular weight is 360 g/mol. The van der Waals surface area contributed by atoms with Crippen molar-refractivity contribution in [2.24, 2.45) is 7.05 Å². The fraction of sp³-hybridized carbons (Fsp3) is 0.500. The summed E-state index contributed by atoms with van der Waals surface area (Å²) in [4.78, 5) is 12.1. The molecule has 25 heavy (non-hydrogen) atoms. The number of benzene rings is 1. The van der Waals surface area contributed by atoms with E-state index >= 15 is 0 Å². The molecule has 0 bridgehead atoms. The molecule has 2 aromatic rings. The van der Waals surface area contributed by atoms with Crippen molar-refractivity contribution in [3.05, 3.63) is 36.2 Å². The van der Waals surface area contributed by atoms with Gasteiger partial charge in [-0.1, -0.05) is 42.8 Å². The third-order valence-electron chi connectivity index (χ3n) is 4.34. The van der Waals surface area contributed by atoms with Crippen LogP contribution in [0.25, 0.3) is 0 Å². The third kappa shape index (κ3) is 4.75. The van der Waals surface area contributed by atoms with Crippen molar-refractivity contribution < 1.29 is 9.53 Å². The Labute approximate surface area is 152 Å². The number of hydrogen-bond donors (Lipinski definition) is 1. The second-order valence-electron chi connectivity index (χ2n) is 6.31. The van der Waals surface area contributed by atoms with Gasteiger partial charge in [0.15, 0.2) is 17.1 Å². The van der Waals surface area contributed by atoms with E-state index in [9.17, 15) is 4.79 Å². The second kappa shape index (κ2) is 8.38. The number of rotatable bonds is 7. The predicted molar refractivity (Wildman–Crippen MR) is 97.6 cm³/mol. The summed E-state index contributed by atoms with van der Waals surface area (Å²) in [5, 5.41) is 12.2. The van der Waals surface area contributed by atoms with Gasteiger partial charge in [0, 0.05) is 13.1 Å². The fourth-order valence-corrected chi connectivity index (χ4v) is 3.76. The van der Waals surface area contributed by atoms with Crippen LogP contribution in [0.15, 0.2) is 35.5 Å². The molecule has 0 spiro atoms. The molecule has 134 valence electrons. The molecule has 1 saturated carbocycles. The molecular formula is C18H24N4O2S. The number of carbonyl (C=O) groups excluding carboxylic acids is 1. The number of para-hydroxylation sites is 1. The molecule has 6 nitrogen and oxygen atoms in total. The topological polar surface area (TPSA) is 69.0 Å². The summed E-state index contributed by atoms with van der Waals surface area (Å²) in [5.41, 5.74) is 0. The number of nitrogens with zero attached hydrogens (tertiary/aromatic N) is 3. The third-order valence-corrected chi connectivity index (χ3v) is 5.36. The van der Waals surface area contributed by atoms with E-state index in [1.165, 1.54) is 24.6 Å². The average Bonchev–Trinajstić information content (AvgIpc) is 3.23. The van der Waals surface area contributed by atoms with Crippen molar-refractivity contribution in [2.75, 3.05) is 5.75 Å². The lowest BCUT2D eigenvalue weighted by Crippen LogP contribution is -2.33. The van der Waals surface area contributed by atoms with Crippen LogP contribution in [0.4, 0.5) is 0 Å². The van der Waals surface area contributed by atoms with Gasteiger partial charge in [-0.2, -0.15) is 0 Å². The molecule has 1 aromatic heterocycles. The van der Waals surface area contributed by atoms with Crippen molar-refractivity contribution in [1.29, 1.82) is 0 Å². The van der Waals surface area contributed by atoms with Crippen molar-refractivity contribution in [3.8, 4) is 5.75 Å². The van der Waals surface area contributed by atoms with Crippen molar-refractivity contribution in [1.82, 2.24) is 20.1 Å².